The Labute approximate surface area is 124 Å². The first-order valence-corrected chi connectivity index (χ1v) is 6.31. The van der Waals surface area contributed by atoms with Crippen molar-refractivity contribution >= 4 is 28.7 Å². The standard InChI is InChI=1S/C15H13NO6/c16-11(13(17)18)12(14(19)20)22-15(21)10-6-5-8-3-1-2-4-9(8)7-10/h1-7,11-12H,16H2,(H,17,18)(H,19,20)/t11-,12-/m0/s1. The number of hydrogen-bond donors (Lipinski definition) is 3. The third-order valence-electron chi connectivity index (χ3n) is 3.07. The van der Waals surface area contributed by atoms with E-state index < -0.39 is 30.1 Å². The summed E-state index contributed by atoms with van der Waals surface area (Å²) < 4.78 is 4.73. The maximum Gasteiger partial charge on any atom is 0.347 e. The first kappa shape index (κ1) is 15.5. The number of nitrogens with two attached hydrogens (primary N) is 1. The molecule has 2 atom stereocenters. The number of esters is 1. The van der Waals surface area contributed by atoms with Crippen LogP contribution in [0.5, 0.6) is 0 Å². The van der Waals surface area contributed by atoms with Crippen LogP contribution >= 0.6 is 0 Å². The largest absolute Gasteiger partial charge is 0.480 e. The van der Waals surface area contributed by atoms with Gasteiger partial charge < -0.3 is 20.7 Å². The molecule has 7 heteroatoms. The zero-order valence-electron chi connectivity index (χ0n) is 11.3. The number of ether oxygens (including phenoxy) is 1. The molecule has 0 spiro atoms. The molecule has 2 aromatic rings. The van der Waals surface area contributed by atoms with Gasteiger partial charge in [0.25, 0.3) is 0 Å². The van der Waals surface area contributed by atoms with E-state index in [1.807, 2.05) is 12.1 Å². The summed E-state index contributed by atoms with van der Waals surface area (Å²) >= 11 is 0. The van der Waals surface area contributed by atoms with Gasteiger partial charge in [-0.3, -0.25) is 4.79 Å². The van der Waals surface area contributed by atoms with Crippen molar-refractivity contribution in [3.63, 3.8) is 0 Å². The number of fused-ring (bicyclic) bond motifs is 1. The van der Waals surface area contributed by atoms with Crippen LogP contribution in [0.1, 0.15) is 10.4 Å². The van der Waals surface area contributed by atoms with E-state index in [0.29, 0.717) is 0 Å². The third kappa shape index (κ3) is 3.21. The summed E-state index contributed by atoms with van der Waals surface area (Å²) in [5.74, 6) is -4.14. The number of carboxylic acid groups (broad SMARTS) is 2. The van der Waals surface area contributed by atoms with Gasteiger partial charge in [-0.2, -0.15) is 0 Å². The highest BCUT2D eigenvalue weighted by Crippen LogP contribution is 2.17. The van der Waals surface area contributed by atoms with E-state index >= 15 is 0 Å². The second kappa shape index (κ2) is 6.23. The molecule has 0 heterocycles. The highest BCUT2D eigenvalue weighted by Gasteiger charge is 2.34. The minimum absolute atomic E-state index is 0.113. The Morgan fingerprint density at radius 1 is 0.955 bits per heavy atom. The molecule has 2 rings (SSSR count). The molecule has 22 heavy (non-hydrogen) atoms. The number of benzene rings is 2. The maximum absolute atomic E-state index is 12.0. The Bertz CT molecular complexity index is 742. The minimum atomic E-state index is -1.96. The molecule has 0 saturated carbocycles. The molecule has 0 aliphatic carbocycles. The van der Waals surface area contributed by atoms with Crippen molar-refractivity contribution in [3.8, 4) is 0 Å². The van der Waals surface area contributed by atoms with Gasteiger partial charge in [0, 0.05) is 0 Å². The SMILES string of the molecule is N[C@H](C(=O)O)[C@H](OC(=O)c1ccc2ccccc2c1)C(=O)O. The fourth-order valence-electron chi connectivity index (χ4n) is 1.91. The fourth-order valence-corrected chi connectivity index (χ4v) is 1.91. The van der Waals surface area contributed by atoms with Crippen molar-refractivity contribution in [2.75, 3.05) is 0 Å². The van der Waals surface area contributed by atoms with Gasteiger partial charge in [0.2, 0.25) is 6.10 Å². The van der Waals surface area contributed by atoms with Gasteiger partial charge in [-0.1, -0.05) is 30.3 Å². The van der Waals surface area contributed by atoms with E-state index in [0.717, 1.165) is 10.8 Å². The number of carbonyl (C=O) groups is 3. The molecular formula is C15H13NO6. The molecule has 114 valence electrons. The number of carbonyl (C=O) groups excluding carboxylic acids is 1. The topological polar surface area (TPSA) is 127 Å². The first-order chi connectivity index (χ1) is 10.4. The zero-order chi connectivity index (χ0) is 16.3. The Hall–Kier alpha value is -2.93. The molecule has 0 aliphatic heterocycles. The number of aliphatic carboxylic acids is 2. The van der Waals surface area contributed by atoms with Crippen LogP contribution in [0.4, 0.5) is 0 Å². The van der Waals surface area contributed by atoms with Gasteiger partial charge >= 0.3 is 17.9 Å². The summed E-state index contributed by atoms with van der Waals surface area (Å²) in [4.78, 5) is 33.8. The molecule has 0 fully saturated rings. The molecule has 2 aromatic carbocycles. The van der Waals surface area contributed by atoms with Crippen molar-refractivity contribution < 1.29 is 29.3 Å². The van der Waals surface area contributed by atoms with Gasteiger partial charge in [-0.15, -0.1) is 0 Å². The second-order valence-electron chi connectivity index (χ2n) is 4.59. The lowest BCUT2D eigenvalue weighted by atomic mass is 10.1. The quantitative estimate of drug-likeness (QED) is 0.699. The molecule has 7 nitrogen and oxygen atoms in total. The molecule has 0 bridgehead atoms. The van der Waals surface area contributed by atoms with Crippen LogP contribution in [-0.2, 0) is 14.3 Å². The highest BCUT2D eigenvalue weighted by atomic mass is 16.6. The van der Waals surface area contributed by atoms with E-state index in [1.54, 1.807) is 18.2 Å². The predicted octanol–water partition coefficient (Wildman–Crippen LogP) is 0.862. The molecule has 0 amide bonds. The van der Waals surface area contributed by atoms with Gasteiger partial charge in [0.05, 0.1) is 5.56 Å². The van der Waals surface area contributed by atoms with E-state index in [2.05, 4.69) is 0 Å². The van der Waals surface area contributed by atoms with Gasteiger partial charge in [-0.25, -0.2) is 9.59 Å². The van der Waals surface area contributed by atoms with Crippen LogP contribution in [0.15, 0.2) is 42.5 Å². The monoisotopic (exact) mass is 303 g/mol. The van der Waals surface area contributed by atoms with Crippen molar-refractivity contribution in [3.05, 3.63) is 48.0 Å². The summed E-state index contributed by atoms with van der Waals surface area (Å²) in [6, 6.07) is 10.1. The van der Waals surface area contributed by atoms with Crippen molar-refractivity contribution in [2.24, 2.45) is 5.73 Å². The molecule has 0 radical (unpaired) electrons. The van der Waals surface area contributed by atoms with Crippen LogP contribution in [0.2, 0.25) is 0 Å². The lowest BCUT2D eigenvalue weighted by Crippen LogP contribution is -2.48. The van der Waals surface area contributed by atoms with Crippen LogP contribution < -0.4 is 5.73 Å². The summed E-state index contributed by atoms with van der Waals surface area (Å²) in [5.41, 5.74) is 5.33. The smallest absolute Gasteiger partial charge is 0.347 e. The summed E-state index contributed by atoms with van der Waals surface area (Å²) in [5, 5.41) is 19.4. The third-order valence-corrected chi connectivity index (χ3v) is 3.07. The van der Waals surface area contributed by atoms with E-state index in [-0.39, 0.29) is 5.56 Å². The summed E-state index contributed by atoms with van der Waals surface area (Å²) in [6.07, 6.45) is -1.96. The van der Waals surface area contributed by atoms with Crippen molar-refractivity contribution in [1.29, 1.82) is 0 Å². The first-order valence-electron chi connectivity index (χ1n) is 6.31. The predicted molar refractivity (Wildman–Crippen MR) is 76.4 cm³/mol. The number of hydrogen-bond acceptors (Lipinski definition) is 5. The van der Waals surface area contributed by atoms with Crippen molar-refractivity contribution in [2.45, 2.75) is 12.1 Å². The normalized spacial score (nSPS) is 13.3. The number of rotatable bonds is 5. The summed E-state index contributed by atoms with van der Waals surface area (Å²) in [6.45, 7) is 0. The van der Waals surface area contributed by atoms with Crippen LogP contribution in [-0.4, -0.2) is 40.3 Å². The minimum Gasteiger partial charge on any atom is -0.480 e. The Balaban J connectivity index is 2.25. The Kier molecular flexibility index (Phi) is 4.38. The number of carboxylic acids is 2. The molecule has 4 N–H and O–H groups in total. The van der Waals surface area contributed by atoms with Gasteiger partial charge in [0.15, 0.2) is 6.04 Å². The van der Waals surface area contributed by atoms with E-state index in [9.17, 15) is 14.4 Å². The van der Waals surface area contributed by atoms with Gasteiger partial charge in [-0.05, 0) is 22.9 Å². The van der Waals surface area contributed by atoms with Crippen LogP contribution in [0, 0.1) is 0 Å². The van der Waals surface area contributed by atoms with E-state index in [1.165, 1.54) is 12.1 Å². The Morgan fingerprint density at radius 2 is 1.59 bits per heavy atom. The highest BCUT2D eigenvalue weighted by molar-refractivity contribution is 5.97. The van der Waals surface area contributed by atoms with E-state index in [4.69, 9.17) is 20.7 Å². The van der Waals surface area contributed by atoms with Crippen LogP contribution in [0.25, 0.3) is 10.8 Å². The molecule has 0 aromatic heterocycles. The average Bonchev–Trinajstić information content (AvgIpc) is 2.50. The molecule has 0 unspecified atom stereocenters. The molecule has 0 aliphatic rings. The second-order valence-corrected chi connectivity index (χ2v) is 4.59. The lowest BCUT2D eigenvalue weighted by molar-refractivity contribution is -0.155. The fraction of sp³-hybridized carbons (Fsp3) is 0.133. The summed E-state index contributed by atoms with van der Waals surface area (Å²) in [7, 11) is 0. The molecule has 0 saturated heterocycles. The van der Waals surface area contributed by atoms with Crippen LogP contribution in [0.3, 0.4) is 0 Å². The maximum atomic E-state index is 12.0. The van der Waals surface area contributed by atoms with Gasteiger partial charge in [0.1, 0.15) is 0 Å². The van der Waals surface area contributed by atoms with Crippen molar-refractivity contribution in [1.82, 2.24) is 0 Å². The lowest BCUT2D eigenvalue weighted by Gasteiger charge is -2.17. The Morgan fingerprint density at radius 3 is 2.18 bits per heavy atom. The zero-order valence-corrected chi connectivity index (χ0v) is 11.3. The molecular weight excluding hydrogens is 290 g/mol. The average molecular weight is 303 g/mol.